The van der Waals surface area contributed by atoms with E-state index in [1.807, 2.05) is 6.92 Å². The minimum atomic E-state index is -0.880. The molecular formula is C12H21NO4. The zero-order valence-electron chi connectivity index (χ0n) is 10.7. The van der Waals surface area contributed by atoms with E-state index in [1.165, 1.54) is 4.90 Å². The number of carboxylic acid groups (broad SMARTS) is 1. The molecule has 1 rings (SSSR count). The molecule has 1 amide bonds. The van der Waals surface area contributed by atoms with Crippen LogP contribution in [-0.2, 0) is 14.3 Å². The van der Waals surface area contributed by atoms with Gasteiger partial charge >= 0.3 is 5.97 Å². The molecule has 1 aliphatic heterocycles. The van der Waals surface area contributed by atoms with Crippen molar-refractivity contribution in [2.75, 3.05) is 26.8 Å². The number of carbonyl (C=O) groups is 2. The number of aliphatic carboxylic acids is 1. The highest BCUT2D eigenvalue weighted by molar-refractivity contribution is 5.83. The molecule has 0 radical (unpaired) electrons. The minimum absolute atomic E-state index is 0.0229. The van der Waals surface area contributed by atoms with Crippen LogP contribution in [0.2, 0.25) is 0 Å². The number of hydrogen-bond acceptors (Lipinski definition) is 3. The van der Waals surface area contributed by atoms with E-state index >= 15 is 0 Å². The largest absolute Gasteiger partial charge is 0.481 e. The number of ether oxygens (including phenoxy) is 1. The van der Waals surface area contributed by atoms with E-state index in [1.54, 1.807) is 14.0 Å². The van der Waals surface area contributed by atoms with E-state index in [-0.39, 0.29) is 12.5 Å². The van der Waals surface area contributed by atoms with Gasteiger partial charge in [0.1, 0.15) is 0 Å². The molecule has 2 atom stereocenters. The first-order valence-electron chi connectivity index (χ1n) is 5.93. The van der Waals surface area contributed by atoms with Crippen molar-refractivity contribution >= 4 is 11.9 Å². The fourth-order valence-corrected chi connectivity index (χ4v) is 2.14. The summed E-state index contributed by atoms with van der Waals surface area (Å²) < 4.78 is 5.35. The molecule has 5 nitrogen and oxygen atoms in total. The third kappa shape index (κ3) is 3.43. The molecule has 0 aromatic rings. The normalized spacial score (nSPS) is 26.3. The SMILES string of the molecule is CC(CN(C)C(=O)C1(C)CCCOC1)C(=O)O. The first-order valence-corrected chi connectivity index (χ1v) is 5.93. The van der Waals surface area contributed by atoms with Crippen molar-refractivity contribution < 1.29 is 19.4 Å². The fraction of sp³-hybridized carbons (Fsp3) is 0.833. The molecule has 17 heavy (non-hydrogen) atoms. The molecule has 0 bridgehead atoms. The smallest absolute Gasteiger partial charge is 0.308 e. The Kier molecular flexibility index (Phi) is 4.51. The van der Waals surface area contributed by atoms with Crippen LogP contribution in [-0.4, -0.2) is 48.7 Å². The lowest BCUT2D eigenvalue weighted by Crippen LogP contribution is -2.46. The molecule has 0 aromatic heterocycles. The molecule has 0 saturated carbocycles. The first-order chi connectivity index (χ1) is 7.87. The van der Waals surface area contributed by atoms with E-state index < -0.39 is 17.3 Å². The summed E-state index contributed by atoms with van der Waals surface area (Å²) >= 11 is 0. The molecule has 0 aromatic carbocycles. The van der Waals surface area contributed by atoms with Crippen LogP contribution in [0.4, 0.5) is 0 Å². The molecule has 0 spiro atoms. The second kappa shape index (κ2) is 5.49. The maximum atomic E-state index is 12.2. The van der Waals surface area contributed by atoms with E-state index in [0.29, 0.717) is 13.2 Å². The zero-order chi connectivity index (χ0) is 13.1. The average Bonchev–Trinajstić information content (AvgIpc) is 2.28. The van der Waals surface area contributed by atoms with Crippen LogP contribution in [0.15, 0.2) is 0 Å². The van der Waals surface area contributed by atoms with Crippen molar-refractivity contribution in [2.45, 2.75) is 26.7 Å². The molecule has 1 saturated heterocycles. The lowest BCUT2D eigenvalue weighted by molar-refractivity contribution is -0.150. The summed E-state index contributed by atoms with van der Waals surface area (Å²) in [4.78, 5) is 24.5. The summed E-state index contributed by atoms with van der Waals surface area (Å²) in [5.74, 6) is -1.45. The van der Waals surface area contributed by atoms with Gasteiger partial charge in [0.05, 0.1) is 17.9 Å². The Morgan fingerprint density at radius 3 is 2.65 bits per heavy atom. The molecular weight excluding hydrogens is 222 g/mol. The van der Waals surface area contributed by atoms with Gasteiger partial charge in [-0.2, -0.15) is 0 Å². The van der Waals surface area contributed by atoms with Gasteiger partial charge in [0.25, 0.3) is 0 Å². The predicted octanol–water partition coefficient (Wildman–Crippen LogP) is 0.982. The van der Waals surface area contributed by atoms with Crippen LogP contribution in [0.3, 0.4) is 0 Å². The maximum absolute atomic E-state index is 12.2. The van der Waals surface area contributed by atoms with E-state index in [9.17, 15) is 9.59 Å². The first kappa shape index (κ1) is 14.0. The molecule has 1 fully saturated rings. The average molecular weight is 243 g/mol. The molecule has 98 valence electrons. The van der Waals surface area contributed by atoms with Gasteiger partial charge in [0.2, 0.25) is 5.91 Å². The highest BCUT2D eigenvalue weighted by Gasteiger charge is 2.38. The maximum Gasteiger partial charge on any atom is 0.308 e. The van der Waals surface area contributed by atoms with Crippen molar-refractivity contribution in [2.24, 2.45) is 11.3 Å². The van der Waals surface area contributed by atoms with Crippen LogP contribution in [0, 0.1) is 11.3 Å². The number of hydrogen-bond donors (Lipinski definition) is 1. The van der Waals surface area contributed by atoms with Gasteiger partial charge in [0.15, 0.2) is 0 Å². The third-order valence-corrected chi connectivity index (χ3v) is 3.27. The van der Waals surface area contributed by atoms with E-state index in [0.717, 1.165) is 12.8 Å². The Labute approximate surface area is 102 Å². The van der Waals surface area contributed by atoms with Crippen LogP contribution < -0.4 is 0 Å². The third-order valence-electron chi connectivity index (χ3n) is 3.27. The Balaban J connectivity index is 2.59. The van der Waals surface area contributed by atoms with Gasteiger partial charge in [-0.05, 0) is 19.8 Å². The van der Waals surface area contributed by atoms with E-state index in [2.05, 4.69) is 0 Å². The van der Waals surface area contributed by atoms with Gasteiger partial charge in [0, 0.05) is 20.2 Å². The fourth-order valence-electron chi connectivity index (χ4n) is 2.14. The highest BCUT2D eigenvalue weighted by atomic mass is 16.5. The lowest BCUT2D eigenvalue weighted by atomic mass is 9.83. The summed E-state index contributed by atoms with van der Waals surface area (Å²) in [7, 11) is 1.65. The second-order valence-corrected chi connectivity index (χ2v) is 5.14. The van der Waals surface area contributed by atoms with Crippen molar-refractivity contribution in [1.82, 2.24) is 4.90 Å². The van der Waals surface area contributed by atoms with Gasteiger partial charge in [-0.1, -0.05) is 6.92 Å². The van der Waals surface area contributed by atoms with Gasteiger partial charge in [-0.25, -0.2) is 0 Å². The predicted molar refractivity (Wildman–Crippen MR) is 62.6 cm³/mol. The van der Waals surface area contributed by atoms with Crippen LogP contribution in [0.25, 0.3) is 0 Å². The zero-order valence-corrected chi connectivity index (χ0v) is 10.7. The van der Waals surface area contributed by atoms with E-state index in [4.69, 9.17) is 9.84 Å². The number of carbonyl (C=O) groups excluding carboxylic acids is 1. The topological polar surface area (TPSA) is 66.8 Å². The highest BCUT2D eigenvalue weighted by Crippen LogP contribution is 2.30. The Morgan fingerprint density at radius 2 is 2.18 bits per heavy atom. The quantitative estimate of drug-likeness (QED) is 0.799. The standard InChI is InChI=1S/C12H21NO4/c1-9(10(14)15)7-13(3)11(16)12(2)5-4-6-17-8-12/h9H,4-8H2,1-3H3,(H,14,15). The lowest BCUT2D eigenvalue weighted by Gasteiger charge is -2.35. The molecule has 0 aliphatic carbocycles. The summed E-state index contributed by atoms with van der Waals surface area (Å²) in [5, 5.41) is 8.82. The Morgan fingerprint density at radius 1 is 1.53 bits per heavy atom. The molecule has 1 heterocycles. The summed E-state index contributed by atoms with van der Waals surface area (Å²) in [5.41, 5.74) is -0.495. The number of rotatable bonds is 4. The van der Waals surface area contributed by atoms with Crippen molar-refractivity contribution in [1.29, 1.82) is 0 Å². The van der Waals surface area contributed by atoms with Crippen molar-refractivity contribution in [3.8, 4) is 0 Å². The Hall–Kier alpha value is -1.10. The minimum Gasteiger partial charge on any atom is -0.481 e. The Bertz CT molecular complexity index is 297. The summed E-state index contributed by atoms with van der Waals surface area (Å²) in [6.07, 6.45) is 1.68. The second-order valence-electron chi connectivity index (χ2n) is 5.14. The number of amides is 1. The van der Waals surface area contributed by atoms with Gasteiger partial charge < -0.3 is 14.7 Å². The van der Waals surface area contributed by atoms with Crippen LogP contribution in [0.1, 0.15) is 26.7 Å². The number of nitrogens with zero attached hydrogens (tertiary/aromatic N) is 1. The molecule has 5 heteroatoms. The summed E-state index contributed by atoms with van der Waals surface area (Å²) in [6, 6.07) is 0. The number of carboxylic acids is 1. The van der Waals surface area contributed by atoms with Gasteiger partial charge in [-0.15, -0.1) is 0 Å². The van der Waals surface area contributed by atoms with Crippen LogP contribution >= 0.6 is 0 Å². The molecule has 1 aliphatic rings. The molecule has 1 N–H and O–H groups in total. The van der Waals surface area contributed by atoms with Crippen molar-refractivity contribution in [3.63, 3.8) is 0 Å². The summed E-state index contributed by atoms with van der Waals surface area (Å²) in [6.45, 7) is 4.86. The van der Waals surface area contributed by atoms with Gasteiger partial charge in [-0.3, -0.25) is 9.59 Å². The van der Waals surface area contributed by atoms with Crippen LogP contribution in [0.5, 0.6) is 0 Å². The monoisotopic (exact) mass is 243 g/mol. The van der Waals surface area contributed by atoms with Crippen molar-refractivity contribution in [3.05, 3.63) is 0 Å². The molecule has 2 unspecified atom stereocenters.